The molecule has 0 bridgehead atoms. The van der Waals surface area contributed by atoms with Gasteiger partial charge in [-0.3, -0.25) is 4.98 Å². The normalized spacial score (nSPS) is 10.2. The Labute approximate surface area is 92.1 Å². The van der Waals surface area contributed by atoms with E-state index < -0.39 is 0 Å². The monoisotopic (exact) mass is 220 g/mol. The van der Waals surface area contributed by atoms with Crippen LogP contribution in [-0.2, 0) is 0 Å². The number of nitrogens with two attached hydrogens (primary N) is 1. The van der Waals surface area contributed by atoms with Gasteiger partial charge in [0.1, 0.15) is 5.75 Å². The first-order chi connectivity index (χ1) is 7.16. The van der Waals surface area contributed by atoms with Gasteiger partial charge >= 0.3 is 0 Å². The highest BCUT2D eigenvalue weighted by atomic mass is 35.5. The molecule has 15 heavy (non-hydrogen) atoms. The molecule has 1 aromatic heterocycles. The standard InChI is InChI=1S/C11H9ClN2O/c12-10-4-7(1-2-11(10)15)8-3-9(13)6-14-5-8/h1-6,15H,13H2. The molecule has 0 aliphatic rings. The van der Waals surface area contributed by atoms with Gasteiger partial charge in [0.05, 0.1) is 10.7 Å². The minimum absolute atomic E-state index is 0.0669. The molecule has 3 nitrogen and oxygen atoms in total. The lowest BCUT2D eigenvalue weighted by Crippen LogP contribution is -1.87. The van der Waals surface area contributed by atoms with Crippen LogP contribution in [0.1, 0.15) is 0 Å². The summed E-state index contributed by atoms with van der Waals surface area (Å²) >= 11 is 5.80. The lowest BCUT2D eigenvalue weighted by atomic mass is 10.1. The average molecular weight is 221 g/mol. The molecular formula is C11H9ClN2O. The maximum absolute atomic E-state index is 9.27. The van der Waals surface area contributed by atoms with Crippen molar-refractivity contribution in [2.45, 2.75) is 0 Å². The summed E-state index contributed by atoms with van der Waals surface area (Å²) in [6.07, 6.45) is 3.27. The molecule has 2 aromatic rings. The van der Waals surface area contributed by atoms with E-state index in [9.17, 15) is 5.11 Å². The molecule has 76 valence electrons. The van der Waals surface area contributed by atoms with Gasteiger partial charge in [-0.05, 0) is 23.8 Å². The fourth-order valence-corrected chi connectivity index (χ4v) is 1.48. The van der Waals surface area contributed by atoms with Crippen molar-refractivity contribution in [3.8, 4) is 16.9 Å². The fraction of sp³-hybridized carbons (Fsp3) is 0. The summed E-state index contributed by atoms with van der Waals surface area (Å²) in [5.41, 5.74) is 7.96. The summed E-state index contributed by atoms with van der Waals surface area (Å²) in [7, 11) is 0. The van der Waals surface area contributed by atoms with Crippen LogP contribution in [0.2, 0.25) is 5.02 Å². The van der Waals surface area contributed by atoms with E-state index in [2.05, 4.69) is 4.98 Å². The van der Waals surface area contributed by atoms with Gasteiger partial charge in [-0.25, -0.2) is 0 Å². The zero-order valence-electron chi connectivity index (χ0n) is 7.81. The molecule has 0 saturated carbocycles. The minimum atomic E-state index is 0.0669. The third kappa shape index (κ3) is 2.02. The number of aromatic hydroxyl groups is 1. The van der Waals surface area contributed by atoms with Crippen LogP contribution in [-0.4, -0.2) is 10.1 Å². The second-order valence-electron chi connectivity index (χ2n) is 3.17. The van der Waals surface area contributed by atoms with Crippen LogP contribution in [0.5, 0.6) is 5.75 Å². The molecule has 0 amide bonds. The summed E-state index contributed by atoms with van der Waals surface area (Å²) < 4.78 is 0. The highest BCUT2D eigenvalue weighted by Gasteiger charge is 2.02. The second-order valence-corrected chi connectivity index (χ2v) is 3.58. The van der Waals surface area contributed by atoms with Crippen LogP contribution < -0.4 is 5.73 Å². The number of benzene rings is 1. The number of nitrogens with zero attached hydrogens (tertiary/aromatic N) is 1. The smallest absolute Gasteiger partial charge is 0.134 e. The first kappa shape index (κ1) is 9.80. The van der Waals surface area contributed by atoms with Crippen molar-refractivity contribution in [1.29, 1.82) is 0 Å². The van der Waals surface area contributed by atoms with Crippen LogP contribution in [0.3, 0.4) is 0 Å². The zero-order valence-corrected chi connectivity index (χ0v) is 8.57. The summed E-state index contributed by atoms with van der Waals surface area (Å²) in [4.78, 5) is 3.98. The van der Waals surface area contributed by atoms with Gasteiger partial charge in [0.2, 0.25) is 0 Å². The average Bonchev–Trinajstić information content (AvgIpc) is 2.22. The van der Waals surface area contributed by atoms with E-state index in [0.29, 0.717) is 10.7 Å². The van der Waals surface area contributed by atoms with Crippen LogP contribution >= 0.6 is 11.6 Å². The highest BCUT2D eigenvalue weighted by molar-refractivity contribution is 6.32. The Hall–Kier alpha value is -1.74. The van der Waals surface area contributed by atoms with E-state index in [0.717, 1.165) is 11.1 Å². The zero-order chi connectivity index (χ0) is 10.8. The van der Waals surface area contributed by atoms with E-state index in [-0.39, 0.29) is 5.75 Å². The number of anilines is 1. The third-order valence-corrected chi connectivity index (χ3v) is 2.34. The number of pyridine rings is 1. The predicted molar refractivity (Wildman–Crippen MR) is 60.8 cm³/mol. The van der Waals surface area contributed by atoms with Crippen LogP contribution in [0.4, 0.5) is 5.69 Å². The van der Waals surface area contributed by atoms with E-state index in [1.807, 2.05) is 0 Å². The molecule has 0 fully saturated rings. The van der Waals surface area contributed by atoms with E-state index >= 15 is 0 Å². The van der Waals surface area contributed by atoms with Gasteiger partial charge < -0.3 is 10.8 Å². The number of phenols is 1. The summed E-state index contributed by atoms with van der Waals surface area (Å²) in [5, 5.41) is 9.59. The fourth-order valence-electron chi connectivity index (χ4n) is 1.30. The molecule has 1 aromatic carbocycles. The van der Waals surface area contributed by atoms with Crippen molar-refractivity contribution in [1.82, 2.24) is 4.98 Å². The summed E-state index contributed by atoms with van der Waals surface area (Å²) in [6.45, 7) is 0. The molecule has 0 atom stereocenters. The molecule has 3 N–H and O–H groups in total. The summed E-state index contributed by atoms with van der Waals surface area (Å²) in [5.74, 6) is 0.0669. The highest BCUT2D eigenvalue weighted by Crippen LogP contribution is 2.29. The molecular weight excluding hydrogens is 212 g/mol. The maximum Gasteiger partial charge on any atom is 0.134 e. The van der Waals surface area contributed by atoms with Gasteiger partial charge in [0.25, 0.3) is 0 Å². The minimum Gasteiger partial charge on any atom is -0.506 e. The first-order valence-electron chi connectivity index (χ1n) is 4.36. The molecule has 0 spiro atoms. The molecule has 1 heterocycles. The topological polar surface area (TPSA) is 59.1 Å². The second kappa shape index (κ2) is 3.79. The Morgan fingerprint density at radius 1 is 1.13 bits per heavy atom. The van der Waals surface area contributed by atoms with Gasteiger partial charge in [0, 0.05) is 18.0 Å². The largest absolute Gasteiger partial charge is 0.506 e. The number of hydrogen-bond acceptors (Lipinski definition) is 3. The van der Waals surface area contributed by atoms with Crippen molar-refractivity contribution in [2.75, 3.05) is 5.73 Å². The van der Waals surface area contributed by atoms with Crippen molar-refractivity contribution in [3.05, 3.63) is 41.7 Å². The number of phenolic OH excluding ortho intramolecular Hbond substituents is 1. The Morgan fingerprint density at radius 2 is 1.93 bits per heavy atom. The number of halogens is 1. The lowest BCUT2D eigenvalue weighted by molar-refractivity contribution is 0.475. The molecule has 0 radical (unpaired) electrons. The molecule has 4 heteroatoms. The molecule has 0 aliphatic heterocycles. The van der Waals surface area contributed by atoms with Crippen molar-refractivity contribution in [3.63, 3.8) is 0 Å². The SMILES string of the molecule is Nc1cncc(-c2ccc(O)c(Cl)c2)c1. The number of aromatic nitrogens is 1. The first-order valence-corrected chi connectivity index (χ1v) is 4.74. The van der Waals surface area contributed by atoms with Crippen LogP contribution in [0.25, 0.3) is 11.1 Å². The van der Waals surface area contributed by atoms with E-state index in [1.54, 1.807) is 36.7 Å². The van der Waals surface area contributed by atoms with Crippen molar-refractivity contribution < 1.29 is 5.11 Å². The van der Waals surface area contributed by atoms with Gasteiger partial charge in [-0.1, -0.05) is 17.7 Å². The maximum atomic E-state index is 9.27. The number of rotatable bonds is 1. The Balaban J connectivity index is 2.50. The Kier molecular flexibility index (Phi) is 2.47. The third-order valence-electron chi connectivity index (χ3n) is 2.04. The Morgan fingerprint density at radius 3 is 2.60 bits per heavy atom. The van der Waals surface area contributed by atoms with Crippen LogP contribution in [0, 0.1) is 0 Å². The van der Waals surface area contributed by atoms with E-state index in [1.165, 1.54) is 0 Å². The van der Waals surface area contributed by atoms with Gasteiger partial charge in [0.15, 0.2) is 0 Å². The molecule has 0 saturated heterocycles. The van der Waals surface area contributed by atoms with Gasteiger partial charge in [-0.15, -0.1) is 0 Å². The van der Waals surface area contributed by atoms with Crippen molar-refractivity contribution >= 4 is 17.3 Å². The molecule has 0 aliphatic carbocycles. The van der Waals surface area contributed by atoms with E-state index in [4.69, 9.17) is 17.3 Å². The van der Waals surface area contributed by atoms with Crippen LogP contribution in [0.15, 0.2) is 36.7 Å². The molecule has 2 rings (SSSR count). The van der Waals surface area contributed by atoms with Crippen molar-refractivity contribution in [2.24, 2.45) is 0 Å². The number of hydrogen-bond donors (Lipinski definition) is 2. The Bertz CT molecular complexity index is 500. The predicted octanol–water partition coefficient (Wildman–Crippen LogP) is 2.69. The number of nitrogen functional groups attached to an aromatic ring is 1. The van der Waals surface area contributed by atoms with Gasteiger partial charge in [-0.2, -0.15) is 0 Å². The molecule has 0 unspecified atom stereocenters. The quantitative estimate of drug-likeness (QED) is 0.777. The lowest BCUT2D eigenvalue weighted by Gasteiger charge is -2.03. The summed E-state index contributed by atoms with van der Waals surface area (Å²) in [6, 6.07) is 6.78.